The smallest absolute Gasteiger partial charge is 0.127 e. The minimum atomic E-state index is -0.670. The molecule has 0 unspecified atom stereocenters. The Hall–Kier alpha value is -0.970. The number of hydrogen-bond acceptors (Lipinski definition) is 4. The van der Waals surface area contributed by atoms with Gasteiger partial charge in [-0.2, -0.15) is 0 Å². The number of hydrogen-bond donors (Lipinski definition) is 3. The van der Waals surface area contributed by atoms with Crippen LogP contribution >= 0.6 is 0 Å². The molecule has 0 aliphatic heterocycles. The average Bonchev–Trinajstić information content (AvgIpc) is 3.01. The molecular weight excluding hydrogens is 424 g/mol. The lowest BCUT2D eigenvalue weighted by molar-refractivity contribution is -0.183. The van der Waals surface area contributed by atoms with Crippen LogP contribution in [0, 0.1) is 45.3 Å². The summed E-state index contributed by atoms with van der Waals surface area (Å²) < 4.78 is 0. The first-order valence-corrected chi connectivity index (χ1v) is 13.6. The van der Waals surface area contributed by atoms with Gasteiger partial charge >= 0.3 is 0 Å². The molecule has 0 amide bonds. The Bertz CT molecular complexity index is 869. The van der Waals surface area contributed by atoms with E-state index in [0.717, 1.165) is 49.7 Å². The predicted octanol–water partition coefficient (Wildman–Crippen LogP) is 5.46. The lowest BCUT2D eigenvalue weighted by atomic mass is 9.38. The van der Waals surface area contributed by atoms with E-state index in [-0.39, 0.29) is 22.7 Å². The van der Waals surface area contributed by atoms with Crippen LogP contribution in [-0.2, 0) is 4.79 Å². The summed E-state index contributed by atoms with van der Waals surface area (Å²) >= 11 is 0. The van der Waals surface area contributed by atoms with Gasteiger partial charge in [0.1, 0.15) is 6.29 Å². The molecule has 10 atom stereocenters. The molecule has 4 heteroatoms. The van der Waals surface area contributed by atoms with Crippen molar-refractivity contribution in [1.82, 2.24) is 0 Å². The lowest BCUT2D eigenvalue weighted by Crippen LogP contribution is -2.64. The molecule has 0 aromatic carbocycles. The Morgan fingerprint density at radius 1 is 1.06 bits per heavy atom. The third kappa shape index (κ3) is 3.53. The van der Waals surface area contributed by atoms with Crippen molar-refractivity contribution in [2.75, 3.05) is 0 Å². The summed E-state index contributed by atoms with van der Waals surface area (Å²) in [4.78, 5) is 13.1. The van der Waals surface area contributed by atoms with Crippen molar-refractivity contribution in [2.45, 2.75) is 112 Å². The van der Waals surface area contributed by atoms with Crippen molar-refractivity contribution in [2.24, 2.45) is 45.3 Å². The number of aliphatic hydroxyl groups is 3. The van der Waals surface area contributed by atoms with E-state index in [1.807, 2.05) is 26.0 Å². The molecule has 4 aliphatic carbocycles. The normalized spacial score (nSPS) is 46.9. The SMILES string of the molecule is CC(C)=C[C@@H](O)C[C@@H](C)[C@H]1CC[C@@]2(C)[C@@H]3[C@@H](O)C=C4[C@@H](CC[C@H](O)C4(C)C)[C@]3(C=O)CC[C@]12C. The van der Waals surface area contributed by atoms with Gasteiger partial charge in [0, 0.05) is 16.7 Å². The van der Waals surface area contributed by atoms with E-state index in [4.69, 9.17) is 0 Å². The third-order valence-corrected chi connectivity index (χ3v) is 11.5. The monoisotopic (exact) mass is 472 g/mol. The van der Waals surface area contributed by atoms with Crippen LogP contribution in [-0.4, -0.2) is 39.9 Å². The fourth-order valence-corrected chi connectivity index (χ4v) is 9.55. The minimum absolute atomic E-state index is 0.0182. The van der Waals surface area contributed by atoms with Gasteiger partial charge in [-0.25, -0.2) is 0 Å². The van der Waals surface area contributed by atoms with Crippen LogP contribution in [0.4, 0.5) is 0 Å². The molecule has 0 radical (unpaired) electrons. The van der Waals surface area contributed by atoms with E-state index >= 15 is 0 Å². The van der Waals surface area contributed by atoms with Gasteiger partial charge in [0.2, 0.25) is 0 Å². The molecular formula is C30H48O4. The number of rotatable bonds is 5. The van der Waals surface area contributed by atoms with Gasteiger partial charge in [-0.05, 0) is 87.4 Å². The molecule has 3 fully saturated rings. The Labute approximate surface area is 206 Å². The van der Waals surface area contributed by atoms with E-state index in [1.54, 1.807) is 0 Å². The molecule has 192 valence electrons. The maximum atomic E-state index is 13.1. The fourth-order valence-electron chi connectivity index (χ4n) is 9.55. The zero-order chi connectivity index (χ0) is 25.3. The maximum Gasteiger partial charge on any atom is 0.127 e. The van der Waals surface area contributed by atoms with Crippen molar-refractivity contribution < 1.29 is 20.1 Å². The summed E-state index contributed by atoms with van der Waals surface area (Å²) in [5.41, 5.74) is 1.14. The Kier molecular flexibility index (Phi) is 6.57. The van der Waals surface area contributed by atoms with Crippen molar-refractivity contribution >= 4 is 6.29 Å². The highest BCUT2D eigenvalue weighted by atomic mass is 16.3. The molecule has 0 aromatic rings. The maximum absolute atomic E-state index is 13.1. The predicted molar refractivity (Wildman–Crippen MR) is 136 cm³/mol. The summed E-state index contributed by atoms with van der Waals surface area (Å²) in [6.07, 6.45) is 9.84. The van der Waals surface area contributed by atoms with E-state index in [1.165, 1.54) is 6.29 Å². The number of fused-ring (bicyclic) bond motifs is 5. The molecule has 0 saturated heterocycles. The molecule has 0 heterocycles. The lowest BCUT2D eigenvalue weighted by Gasteiger charge is -2.66. The highest BCUT2D eigenvalue weighted by molar-refractivity contribution is 5.65. The van der Waals surface area contributed by atoms with Crippen LogP contribution in [0.15, 0.2) is 23.3 Å². The van der Waals surface area contributed by atoms with Gasteiger partial charge in [0.05, 0.1) is 18.3 Å². The largest absolute Gasteiger partial charge is 0.392 e. The second kappa shape index (κ2) is 8.56. The zero-order valence-electron chi connectivity index (χ0n) is 22.5. The molecule has 0 spiro atoms. The summed E-state index contributed by atoms with van der Waals surface area (Å²) in [5.74, 6) is 0.839. The second-order valence-corrected chi connectivity index (χ2v) is 13.7. The van der Waals surface area contributed by atoms with Crippen LogP contribution < -0.4 is 0 Å². The van der Waals surface area contributed by atoms with Crippen LogP contribution in [0.5, 0.6) is 0 Å². The topological polar surface area (TPSA) is 77.8 Å². The van der Waals surface area contributed by atoms with E-state index in [2.05, 4.69) is 34.6 Å². The molecule has 4 rings (SSSR count). The Morgan fingerprint density at radius 3 is 2.35 bits per heavy atom. The first-order chi connectivity index (χ1) is 15.7. The molecule has 4 nitrogen and oxygen atoms in total. The molecule has 3 N–H and O–H groups in total. The van der Waals surface area contributed by atoms with Gasteiger partial charge in [0.25, 0.3) is 0 Å². The van der Waals surface area contributed by atoms with Gasteiger partial charge in [0.15, 0.2) is 0 Å². The second-order valence-electron chi connectivity index (χ2n) is 13.7. The van der Waals surface area contributed by atoms with Crippen LogP contribution in [0.1, 0.15) is 93.4 Å². The van der Waals surface area contributed by atoms with Crippen LogP contribution in [0.25, 0.3) is 0 Å². The van der Waals surface area contributed by atoms with Gasteiger partial charge in [-0.15, -0.1) is 0 Å². The molecule has 0 aromatic heterocycles. The van der Waals surface area contributed by atoms with Gasteiger partial charge in [-0.1, -0.05) is 57.9 Å². The fraction of sp³-hybridized carbons (Fsp3) is 0.833. The highest BCUT2D eigenvalue weighted by Gasteiger charge is 2.70. The number of aliphatic hydroxyl groups excluding tert-OH is 3. The number of carbonyl (C=O) groups excluding carboxylic acids is 1. The first-order valence-electron chi connectivity index (χ1n) is 13.6. The van der Waals surface area contributed by atoms with Crippen molar-refractivity contribution in [3.63, 3.8) is 0 Å². The number of aldehydes is 1. The Morgan fingerprint density at radius 2 is 1.74 bits per heavy atom. The van der Waals surface area contributed by atoms with Crippen molar-refractivity contribution in [3.8, 4) is 0 Å². The molecule has 3 saturated carbocycles. The highest BCUT2D eigenvalue weighted by Crippen LogP contribution is 2.74. The van der Waals surface area contributed by atoms with Gasteiger partial charge < -0.3 is 20.1 Å². The number of allylic oxidation sites excluding steroid dienone is 1. The Balaban J connectivity index is 1.72. The minimum Gasteiger partial charge on any atom is -0.392 e. The van der Waals surface area contributed by atoms with E-state index < -0.39 is 29.1 Å². The van der Waals surface area contributed by atoms with Crippen molar-refractivity contribution in [1.29, 1.82) is 0 Å². The van der Waals surface area contributed by atoms with Crippen LogP contribution in [0.3, 0.4) is 0 Å². The van der Waals surface area contributed by atoms with E-state index in [0.29, 0.717) is 18.3 Å². The molecule has 34 heavy (non-hydrogen) atoms. The third-order valence-electron chi connectivity index (χ3n) is 11.5. The first kappa shape index (κ1) is 26.1. The van der Waals surface area contributed by atoms with E-state index in [9.17, 15) is 20.1 Å². The quantitative estimate of drug-likeness (QED) is 0.367. The number of carbonyl (C=O) groups is 1. The van der Waals surface area contributed by atoms with Crippen LogP contribution in [0.2, 0.25) is 0 Å². The summed E-state index contributed by atoms with van der Waals surface area (Å²) in [6.45, 7) is 15.2. The molecule has 4 aliphatic rings. The summed E-state index contributed by atoms with van der Waals surface area (Å²) in [7, 11) is 0. The zero-order valence-corrected chi connectivity index (χ0v) is 22.5. The summed E-state index contributed by atoms with van der Waals surface area (Å²) in [6, 6.07) is 0. The van der Waals surface area contributed by atoms with Crippen molar-refractivity contribution in [3.05, 3.63) is 23.3 Å². The average molecular weight is 473 g/mol. The molecule has 0 bridgehead atoms. The summed E-state index contributed by atoms with van der Waals surface area (Å²) in [5, 5.41) is 33.0. The van der Waals surface area contributed by atoms with Gasteiger partial charge in [-0.3, -0.25) is 0 Å². The standard InChI is InChI=1S/C30H48O4/c1-18(2)14-20(32)15-19(3)21-10-11-29(7)26-24(33)16-23-22(8-9-25(34)27(23,4)5)30(26,17-31)13-12-28(21,29)6/h14,16-17,19-22,24-26,32-34H,8-13,15H2,1-7H3/t19-,20-,21-,22-,24+,25+,26+,28-,29+,30-/m1/s1.